The van der Waals surface area contributed by atoms with E-state index in [1.807, 2.05) is 27.7 Å². The van der Waals surface area contributed by atoms with Gasteiger partial charge in [0.1, 0.15) is 17.2 Å². The molecule has 2 unspecified atom stereocenters. The lowest BCUT2D eigenvalue weighted by Gasteiger charge is -2.27. The third kappa shape index (κ3) is 10.0. The standard InChI is InChI=1S/C42H57N3O7S4/c1-10-16-20-25(14-5)38(49)51-29-31-32(54-40(53-31)27(24-43)35(46)42(7,8)9)30(52-39(50)26(15-6)21-17-11-2)34-33(29)55-41(56-34)28-36(47)44(22-18-12-3)45(37(28)48)23-19-13-4/h25-26H,10-23H2,1-9H3. The minimum absolute atomic E-state index is 0.0215. The Kier molecular flexibility index (Phi) is 17.0. The van der Waals surface area contributed by atoms with Crippen molar-refractivity contribution in [2.75, 3.05) is 13.1 Å². The van der Waals surface area contributed by atoms with Gasteiger partial charge >= 0.3 is 11.9 Å². The van der Waals surface area contributed by atoms with Crippen LogP contribution in [0.2, 0.25) is 0 Å². The van der Waals surface area contributed by atoms with Gasteiger partial charge in [0, 0.05) is 18.5 Å². The molecular weight excluding hydrogens is 787 g/mol. The normalized spacial score (nSPS) is 16.2. The van der Waals surface area contributed by atoms with E-state index in [1.54, 1.807) is 30.8 Å². The molecule has 1 fully saturated rings. The van der Waals surface area contributed by atoms with Crippen LogP contribution in [0.15, 0.2) is 39.2 Å². The number of allylic oxidation sites excluding steroid dienone is 1. The van der Waals surface area contributed by atoms with Crippen LogP contribution < -0.4 is 9.47 Å². The minimum atomic E-state index is -0.843. The molecule has 4 rings (SSSR count). The molecule has 10 nitrogen and oxygen atoms in total. The Balaban J connectivity index is 1.99. The maximum absolute atomic E-state index is 14.1. The molecule has 1 aromatic rings. The number of hydrogen-bond donors (Lipinski definition) is 0. The maximum Gasteiger partial charge on any atom is 0.314 e. The topological polar surface area (TPSA) is 134 Å². The maximum atomic E-state index is 14.1. The summed E-state index contributed by atoms with van der Waals surface area (Å²) in [5.41, 5.74) is -0.817. The average molecular weight is 844 g/mol. The average Bonchev–Trinajstić information content (AvgIpc) is 3.86. The number of benzene rings is 1. The molecule has 3 aliphatic heterocycles. The van der Waals surface area contributed by atoms with Gasteiger partial charge in [0.25, 0.3) is 11.8 Å². The van der Waals surface area contributed by atoms with Crippen molar-refractivity contribution in [1.29, 1.82) is 5.26 Å². The first kappa shape index (κ1) is 45.8. The summed E-state index contributed by atoms with van der Waals surface area (Å²) >= 11 is 4.64. The van der Waals surface area contributed by atoms with Gasteiger partial charge in [0.2, 0.25) is 0 Å². The van der Waals surface area contributed by atoms with E-state index in [9.17, 15) is 29.2 Å². The summed E-state index contributed by atoms with van der Waals surface area (Å²) in [4.78, 5) is 71.7. The number of nitriles is 1. The van der Waals surface area contributed by atoms with E-state index in [4.69, 9.17) is 9.47 Å². The highest BCUT2D eigenvalue weighted by Crippen LogP contribution is 2.69. The molecular formula is C42H57N3O7S4. The zero-order chi connectivity index (χ0) is 41.3. The van der Waals surface area contributed by atoms with Gasteiger partial charge in [-0.3, -0.25) is 24.0 Å². The van der Waals surface area contributed by atoms with Gasteiger partial charge in [-0.15, -0.1) is 0 Å². The van der Waals surface area contributed by atoms with Crippen LogP contribution in [0, 0.1) is 28.6 Å². The van der Waals surface area contributed by atoms with Gasteiger partial charge in [0.15, 0.2) is 17.3 Å². The SMILES string of the molecule is CCCCC(CC)C(=O)Oc1c2c(c(OC(=O)C(CC)CCCC)c3c1SC(=C1C(=O)N(CCCC)N(CCCC)C1=O)S3)SC(=C(C#N)C(=O)C(C)(C)C)S2. The van der Waals surface area contributed by atoms with Crippen LogP contribution in [-0.4, -0.2) is 52.6 Å². The van der Waals surface area contributed by atoms with Crippen molar-refractivity contribution in [3.05, 3.63) is 19.6 Å². The number of thioether (sulfide) groups is 4. The second kappa shape index (κ2) is 20.7. The highest BCUT2D eigenvalue weighted by atomic mass is 32.2. The highest BCUT2D eigenvalue weighted by molar-refractivity contribution is 8.26. The molecule has 1 saturated heterocycles. The molecule has 0 spiro atoms. The van der Waals surface area contributed by atoms with Crippen LogP contribution in [0.4, 0.5) is 0 Å². The first-order valence-electron chi connectivity index (χ1n) is 20.2. The molecule has 1 aromatic carbocycles. The predicted molar refractivity (Wildman–Crippen MR) is 225 cm³/mol. The fourth-order valence-electron chi connectivity index (χ4n) is 6.41. The molecule has 0 saturated carbocycles. The summed E-state index contributed by atoms with van der Waals surface area (Å²) in [5, 5.41) is 13.4. The largest absolute Gasteiger partial charge is 0.424 e. The predicted octanol–water partition coefficient (Wildman–Crippen LogP) is 11.1. The van der Waals surface area contributed by atoms with Gasteiger partial charge in [-0.1, -0.05) is 148 Å². The van der Waals surface area contributed by atoms with Crippen LogP contribution in [0.25, 0.3) is 0 Å². The van der Waals surface area contributed by atoms with Crippen molar-refractivity contribution in [2.45, 2.75) is 159 Å². The smallest absolute Gasteiger partial charge is 0.314 e. The molecule has 0 aliphatic carbocycles. The van der Waals surface area contributed by atoms with Crippen LogP contribution in [0.3, 0.4) is 0 Å². The Morgan fingerprint density at radius 3 is 1.39 bits per heavy atom. The first-order chi connectivity index (χ1) is 26.7. The van der Waals surface area contributed by atoms with Gasteiger partial charge in [-0.2, -0.15) is 5.26 Å². The number of nitrogens with zero attached hydrogens (tertiary/aromatic N) is 3. The molecule has 0 bridgehead atoms. The Bertz CT molecular complexity index is 1710. The number of carbonyl (C=O) groups is 5. The van der Waals surface area contributed by atoms with Crippen molar-refractivity contribution in [3.8, 4) is 17.6 Å². The Hall–Kier alpha value is -2.86. The van der Waals surface area contributed by atoms with Gasteiger partial charge in [-0.05, 0) is 38.5 Å². The minimum Gasteiger partial charge on any atom is -0.424 e. The number of hydrogen-bond acceptors (Lipinski definition) is 12. The summed E-state index contributed by atoms with van der Waals surface area (Å²) in [6.45, 7) is 18.2. The molecule has 14 heteroatoms. The Labute approximate surface area is 350 Å². The van der Waals surface area contributed by atoms with Crippen molar-refractivity contribution in [1.82, 2.24) is 10.0 Å². The molecule has 3 aliphatic rings. The fraction of sp³-hybridized carbons (Fsp3) is 0.619. The first-order valence-corrected chi connectivity index (χ1v) is 23.4. The molecule has 0 aromatic heterocycles. The molecule has 0 radical (unpaired) electrons. The highest BCUT2D eigenvalue weighted by Gasteiger charge is 2.47. The van der Waals surface area contributed by atoms with E-state index in [1.165, 1.54) is 23.5 Å². The van der Waals surface area contributed by atoms with Crippen molar-refractivity contribution < 1.29 is 33.4 Å². The van der Waals surface area contributed by atoms with Crippen molar-refractivity contribution in [3.63, 3.8) is 0 Å². The monoisotopic (exact) mass is 843 g/mol. The number of Topliss-reactive ketones (excluding diaryl/α,β-unsaturated/α-hetero) is 1. The van der Waals surface area contributed by atoms with E-state index in [2.05, 4.69) is 19.9 Å². The van der Waals surface area contributed by atoms with Crippen LogP contribution in [0.5, 0.6) is 11.5 Å². The lowest BCUT2D eigenvalue weighted by molar-refractivity contribution is -0.147. The number of amides is 2. The van der Waals surface area contributed by atoms with E-state index < -0.39 is 17.4 Å². The zero-order valence-corrected chi connectivity index (χ0v) is 37.7. The number of carbonyl (C=O) groups excluding carboxylic acids is 5. The lowest BCUT2D eigenvalue weighted by atomic mass is 9.87. The second-order valence-electron chi connectivity index (χ2n) is 15.3. The number of ether oxygens (including phenoxy) is 2. The quantitative estimate of drug-likeness (QED) is 0.0431. The second-order valence-corrected chi connectivity index (χ2v) is 19.9. The zero-order valence-electron chi connectivity index (χ0n) is 34.4. The van der Waals surface area contributed by atoms with Crippen LogP contribution in [0.1, 0.15) is 139 Å². The number of unbranched alkanes of at least 4 members (excludes halogenated alkanes) is 4. The third-order valence-electron chi connectivity index (χ3n) is 9.95. The lowest BCUT2D eigenvalue weighted by Crippen LogP contribution is -2.42. The van der Waals surface area contributed by atoms with Crippen LogP contribution in [-0.2, 0) is 24.0 Å². The number of hydrazine groups is 1. The molecule has 2 atom stereocenters. The number of esters is 2. The van der Waals surface area contributed by atoms with E-state index in [0.717, 1.165) is 74.9 Å². The molecule has 3 heterocycles. The van der Waals surface area contributed by atoms with Gasteiger partial charge < -0.3 is 9.47 Å². The Morgan fingerprint density at radius 1 is 0.661 bits per heavy atom. The molecule has 0 N–H and O–H groups in total. The van der Waals surface area contributed by atoms with E-state index in [-0.39, 0.29) is 52.1 Å². The van der Waals surface area contributed by atoms with E-state index >= 15 is 0 Å². The van der Waals surface area contributed by atoms with Crippen LogP contribution >= 0.6 is 47.0 Å². The fourth-order valence-corrected chi connectivity index (χ4v) is 11.8. The third-order valence-corrected chi connectivity index (χ3v) is 15.1. The molecule has 2 amide bonds. The number of ketones is 1. The number of fused-ring (bicyclic) bond motifs is 2. The molecule has 306 valence electrons. The number of rotatable bonds is 19. The van der Waals surface area contributed by atoms with Crippen molar-refractivity contribution in [2.24, 2.45) is 17.3 Å². The summed E-state index contributed by atoms with van der Waals surface area (Å²) in [5.74, 6) is -2.22. The van der Waals surface area contributed by atoms with Gasteiger partial charge in [-0.25, -0.2) is 10.0 Å². The summed E-state index contributed by atoms with van der Waals surface area (Å²) in [6, 6.07) is 2.13. The van der Waals surface area contributed by atoms with Crippen molar-refractivity contribution >= 4 is 76.6 Å². The van der Waals surface area contributed by atoms with E-state index in [0.29, 0.717) is 66.8 Å². The summed E-state index contributed by atoms with van der Waals surface area (Å²) in [7, 11) is 0. The summed E-state index contributed by atoms with van der Waals surface area (Å²) < 4.78 is 13.6. The Morgan fingerprint density at radius 2 is 1.05 bits per heavy atom. The van der Waals surface area contributed by atoms with Gasteiger partial charge in [0.05, 0.1) is 39.9 Å². The molecule has 56 heavy (non-hydrogen) atoms. The summed E-state index contributed by atoms with van der Waals surface area (Å²) in [6.07, 6.45) is 9.14.